The molecule has 3 rings (SSSR count). The number of carbonyl (C=O) groups is 2. The number of nitrogens with one attached hydrogen (secondary N) is 1. The Morgan fingerprint density at radius 2 is 1.58 bits per heavy atom. The average Bonchev–Trinajstić information content (AvgIpc) is 2.96. The van der Waals surface area contributed by atoms with Crippen molar-refractivity contribution < 1.29 is 35.6 Å². The fourth-order valence-electron chi connectivity index (χ4n) is 4.26. The second-order valence-corrected chi connectivity index (χ2v) is 12.1. The molecule has 0 saturated carbocycles. The van der Waals surface area contributed by atoms with Gasteiger partial charge in [-0.15, -0.1) is 0 Å². The maximum absolute atomic E-state index is 14.0. The molecule has 7 nitrogen and oxygen atoms in total. The van der Waals surface area contributed by atoms with E-state index in [-0.39, 0.29) is 28.9 Å². The molecule has 13 heteroatoms. The van der Waals surface area contributed by atoms with Crippen LogP contribution >= 0.6 is 11.6 Å². The molecule has 0 aliphatic rings. The first kappa shape index (κ1) is 33.9. The first-order valence-corrected chi connectivity index (χ1v) is 15.3. The van der Waals surface area contributed by atoms with E-state index in [1.165, 1.54) is 48.5 Å². The summed E-state index contributed by atoms with van der Waals surface area (Å²) in [5, 5.41) is 2.47. The van der Waals surface area contributed by atoms with Gasteiger partial charge in [-0.3, -0.25) is 13.9 Å². The second-order valence-electron chi connectivity index (χ2n) is 9.88. The molecule has 1 N–H and O–H groups in total. The van der Waals surface area contributed by atoms with Crippen LogP contribution in [0.4, 0.5) is 23.2 Å². The lowest BCUT2D eigenvalue weighted by atomic mass is 10.1. The summed E-state index contributed by atoms with van der Waals surface area (Å²) < 4.78 is 82.8. The summed E-state index contributed by atoms with van der Waals surface area (Å²) in [6, 6.07) is 12.9. The van der Waals surface area contributed by atoms with E-state index >= 15 is 0 Å². The molecule has 0 aliphatic carbocycles. The fourth-order valence-corrected chi connectivity index (χ4v) is 5.98. The lowest BCUT2D eigenvalue weighted by molar-refractivity contribution is -0.140. The van der Waals surface area contributed by atoms with E-state index in [1.54, 1.807) is 19.9 Å². The molecule has 0 unspecified atom stereocenters. The smallest absolute Gasteiger partial charge is 0.352 e. The molecule has 232 valence electrons. The van der Waals surface area contributed by atoms with Gasteiger partial charge in [0, 0.05) is 12.6 Å². The minimum absolute atomic E-state index is 0.130. The molecule has 0 aliphatic heterocycles. The first-order chi connectivity index (χ1) is 20.2. The Balaban J connectivity index is 2.15. The third-order valence-electron chi connectivity index (χ3n) is 6.81. The molecule has 0 saturated heterocycles. The number of alkyl halides is 3. The maximum Gasteiger partial charge on any atom is 0.416 e. The van der Waals surface area contributed by atoms with Gasteiger partial charge in [0.1, 0.15) is 18.4 Å². The Kier molecular flexibility index (Phi) is 11.2. The fraction of sp³-hybridized carbons (Fsp3) is 0.333. The number of benzene rings is 3. The largest absolute Gasteiger partial charge is 0.416 e. The van der Waals surface area contributed by atoms with E-state index in [1.807, 2.05) is 6.92 Å². The van der Waals surface area contributed by atoms with Crippen molar-refractivity contribution in [3.8, 4) is 0 Å². The number of amides is 2. The van der Waals surface area contributed by atoms with E-state index in [9.17, 15) is 35.6 Å². The van der Waals surface area contributed by atoms with Crippen molar-refractivity contribution in [1.82, 2.24) is 10.2 Å². The standard InChI is InChI=1S/C30H32ClF4N3O4S/c1-4-20(3)36-29(40)26(5-2)37(18-21-11-14-23(32)15-12-21)28(39)19-38(43(41,42)24-9-7-6-8-10-24)27-17-22(30(33,34)35)13-16-25(27)31/h6-17,20,26H,4-5,18-19H2,1-3H3,(H,36,40)/t20-,26-/m0/s1. The summed E-state index contributed by atoms with van der Waals surface area (Å²) in [5.74, 6) is -1.91. The third-order valence-corrected chi connectivity index (χ3v) is 8.90. The van der Waals surface area contributed by atoms with E-state index in [0.29, 0.717) is 28.4 Å². The van der Waals surface area contributed by atoms with Crippen LogP contribution in [0.25, 0.3) is 0 Å². The predicted molar refractivity (Wildman–Crippen MR) is 156 cm³/mol. The quantitative estimate of drug-likeness (QED) is 0.232. The Morgan fingerprint density at radius 1 is 0.953 bits per heavy atom. The van der Waals surface area contributed by atoms with Crippen LogP contribution in [0.3, 0.4) is 0 Å². The highest BCUT2D eigenvalue weighted by Gasteiger charge is 2.37. The number of anilines is 1. The first-order valence-electron chi connectivity index (χ1n) is 13.5. The molecule has 43 heavy (non-hydrogen) atoms. The lowest BCUT2D eigenvalue weighted by Crippen LogP contribution is -2.53. The third kappa shape index (κ3) is 8.47. The van der Waals surface area contributed by atoms with Crippen LogP contribution in [0.5, 0.6) is 0 Å². The number of sulfonamides is 1. The zero-order valence-electron chi connectivity index (χ0n) is 23.7. The molecule has 3 aromatic rings. The lowest BCUT2D eigenvalue weighted by Gasteiger charge is -2.34. The number of hydrogen-bond acceptors (Lipinski definition) is 4. The van der Waals surface area contributed by atoms with Crippen molar-refractivity contribution in [2.75, 3.05) is 10.8 Å². The van der Waals surface area contributed by atoms with Gasteiger partial charge in [0.25, 0.3) is 10.0 Å². The SMILES string of the molecule is CC[C@H](C)NC(=O)[C@H](CC)N(Cc1ccc(F)cc1)C(=O)CN(c1cc(C(F)(F)F)ccc1Cl)S(=O)(=O)c1ccccc1. The molecule has 0 radical (unpaired) electrons. The molecule has 0 aromatic heterocycles. The van der Waals surface area contributed by atoms with Crippen LogP contribution in [0, 0.1) is 5.82 Å². The average molecular weight is 642 g/mol. The van der Waals surface area contributed by atoms with Gasteiger partial charge in [0.15, 0.2) is 0 Å². The number of carbonyl (C=O) groups excluding carboxylic acids is 2. The zero-order chi connectivity index (χ0) is 31.9. The highest BCUT2D eigenvalue weighted by Crippen LogP contribution is 2.37. The van der Waals surface area contributed by atoms with Gasteiger partial charge in [-0.05, 0) is 67.8 Å². The monoisotopic (exact) mass is 641 g/mol. The predicted octanol–water partition coefficient (Wildman–Crippen LogP) is 6.42. The van der Waals surface area contributed by atoms with E-state index < -0.39 is 57.7 Å². The molecule has 3 aromatic carbocycles. The molecular weight excluding hydrogens is 610 g/mol. The van der Waals surface area contributed by atoms with Gasteiger partial charge in [0.05, 0.1) is 21.2 Å². The van der Waals surface area contributed by atoms with E-state index in [4.69, 9.17) is 11.6 Å². The van der Waals surface area contributed by atoms with Crippen LogP contribution in [0.15, 0.2) is 77.7 Å². The summed E-state index contributed by atoms with van der Waals surface area (Å²) in [7, 11) is -4.64. The maximum atomic E-state index is 14.0. The Labute approximate surface area is 253 Å². The minimum atomic E-state index is -4.83. The van der Waals surface area contributed by atoms with Crippen molar-refractivity contribution >= 4 is 39.1 Å². The minimum Gasteiger partial charge on any atom is -0.352 e. The summed E-state index contributed by atoms with van der Waals surface area (Å²) in [5.41, 5.74) is -1.29. The Morgan fingerprint density at radius 3 is 2.14 bits per heavy atom. The van der Waals surface area contributed by atoms with Crippen molar-refractivity contribution in [1.29, 1.82) is 0 Å². The number of rotatable bonds is 12. The van der Waals surface area contributed by atoms with Gasteiger partial charge in [0.2, 0.25) is 11.8 Å². The number of nitrogens with zero attached hydrogens (tertiary/aromatic N) is 2. The van der Waals surface area contributed by atoms with Crippen molar-refractivity contribution in [2.45, 2.75) is 63.3 Å². The van der Waals surface area contributed by atoms with Gasteiger partial charge in [-0.25, -0.2) is 12.8 Å². The highest BCUT2D eigenvalue weighted by molar-refractivity contribution is 7.92. The van der Waals surface area contributed by atoms with Gasteiger partial charge in [-0.1, -0.05) is 55.8 Å². The van der Waals surface area contributed by atoms with Crippen LogP contribution in [-0.4, -0.2) is 43.8 Å². The number of hydrogen-bond donors (Lipinski definition) is 1. The summed E-state index contributed by atoms with van der Waals surface area (Å²) in [4.78, 5) is 28.2. The molecule has 0 bridgehead atoms. The molecule has 0 fully saturated rings. The van der Waals surface area contributed by atoms with Crippen LogP contribution < -0.4 is 9.62 Å². The van der Waals surface area contributed by atoms with Crippen LogP contribution in [-0.2, 0) is 32.3 Å². The topological polar surface area (TPSA) is 86.8 Å². The Hall–Kier alpha value is -3.64. The molecular formula is C30H32ClF4N3O4S. The van der Waals surface area contributed by atoms with Crippen molar-refractivity contribution in [3.63, 3.8) is 0 Å². The van der Waals surface area contributed by atoms with E-state index in [0.717, 1.165) is 11.0 Å². The molecule has 2 atom stereocenters. The number of halogens is 5. The van der Waals surface area contributed by atoms with Crippen LogP contribution in [0.2, 0.25) is 5.02 Å². The van der Waals surface area contributed by atoms with Gasteiger partial charge < -0.3 is 10.2 Å². The highest BCUT2D eigenvalue weighted by atomic mass is 35.5. The zero-order valence-corrected chi connectivity index (χ0v) is 25.3. The summed E-state index contributed by atoms with van der Waals surface area (Å²) in [6.07, 6.45) is -4.10. The molecule has 0 heterocycles. The van der Waals surface area contributed by atoms with Crippen molar-refractivity contribution in [3.05, 3.63) is 94.8 Å². The normalized spacial score (nSPS) is 13.2. The molecule has 0 spiro atoms. The molecule has 2 amide bonds. The summed E-state index contributed by atoms with van der Waals surface area (Å²) in [6.45, 7) is 4.11. The van der Waals surface area contributed by atoms with Gasteiger partial charge >= 0.3 is 6.18 Å². The van der Waals surface area contributed by atoms with E-state index in [2.05, 4.69) is 5.32 Å². The van der Waals surface area contributed by atoms with Crippen molar-refractivity contribution in [2.24, 2.45) is 0 Å². The summed E-state index contributed by atoms with van der Waals surface area (Å²) >= 11 is 6.26. The second kappa shape index (κ2) is 14.2. The van der Waals surface area contributed by atoms with Crippen LogP contribution in [0.1, 0.15) is 44.7 Å². The van der Waals surface area contributed by atoms with Gasteiger partial charge in [-0.2, -0.15) is 13.2 Å². The Bertz CT molecular complexity index is 1520.